The van der Waals surface area contributed by atoms with E-state index in [0.717, 1.165) is 29.2 Å². The molecule has 1 aromatic heterocycles. The molecule has 8 aromatic carbocycles. The van der Waals surface area contributed by atoms with Crippen molar-refractivity contribution in [2.45, 2.75) is 23.7 Å². The van der Waals surface area contributed by atoms with Crippen molar-refractivity contribution in [2.75, 3.05) is 4.90 Å². The largest absolute Gasteiger partial charge is 0.310 e. The molecule has 0 fully saturated rings. The summed E-state index contributed by atoms with van der Waals surface area (Å²) in [6.07, 6.45) is 19.4. The van der Waals surface area contributed by atoms with Crippen LogP contribution in [0.25, 0.3) is 49.7 Å². The van der Waals surface area contributed by atoms with Crippen molar-refractivity contribution in [1.29, 1.82) is 0 Å². The molecular weight excluding hydrogens is 761 g/mol. The Morgan fingerprint density at radius 1 is 0.460 bits per heavy atom. The molecule has 2 nitrogen and oxygen atoms in total. The van der Waals surface area contributed by atoms with Crippen LogP contribution in [-0.4, -0.2) is 4.57 Å². The molecule has 4 aliphatic rings. The summed E-state index contributed by atoms with van der Waals surface area (Å²) in [5.74, 6) is 0.976. The monoisotopic (exact) mass is 804 g/mol. The lowest BCUT2D eigenvalue weighted by molar-refractivity contribution is 0.465. The van der Waals surface area contributed by atoms with Gasteiger partial charge in [0, 0.05) is 51.3 Å². The normalized spacial score (nSPS) is 18.4. The number of hydrogen-bond acceptors (Lipinski definition) is 1. The van der Waals surface area contributed by atoms with Crippen molar-refractivity contribution in [1.82, 2.24) is 4.57 Å². The molecule has 1 heterocycles. The lowest BCUT2D eigenvalue weighted by atomic mass is 9.65. The van der Waals surface area contributed by atoms with Gasteiger partial charge in [-0.1, -0.05) is 176 Å². The van der Waals surface area contributed by atoms with Gasteiger partial charge in [0.05, 0.1) is 16.4 Å². The predicted molar refractivity (Wildman–Crippen MR) is 263 cm³/mol. The van der Waals surface area contributed by atoms with E-state index in [1.807, 2.05) is 0 Å². The van der Waals surface area contributed by atoms with E-state index in [-0.39, 0.29) is 5.41 Å². The van der Waals surface area contributed by atoms with Crippen LogP contribution in [0.2, 0.25) is 0 Å². The second-order valence-corrected chi connectivity index (χ2v) is 17.5. The van der Waals surface area contributed by atoms with E-state index < -0.39 is 0 Å². The summed E-state index contributed by atoms with van der Waals surface area (Å²) in [5.41, 5.74) is 18.9. The SMILES string of the molecule is C1=CCC(c2cccc(N(c3ccc(-c4ccc5c(c4)C4(c6ccccc6-c6ccccc64)C4C=CC=CC54)cc3)c3ccc4c5ccccc5n(-c5ccccc5)c4c3)c2)C=C1. The van der Waals surface area contributed by atoms with Crippen LogP contribution in [0, 0.1) is 5.92 Å². The van der Waals surface area contributed by atoms with Gasteiger partial charge in [-0.15, -0.1) is 0 Å². The van der Waals surface area contributed by atoms with Crippen molar-refractivity contribution in [3.63, 3.8) is 0 Å². The van der Waals surface area contributed by atoms with E-state index in [1.54, 1.807) is 0 Å². The van der Waals surface area contributed by atoms with E-state index >= 15 is 0 Å². The minimum absolute atomic E-state index is 0.254. The molecule has 9 aromatic rings. The van der Waals surface area contributed by atoms with Crippen molar-refractivity contribution in [2.24, 2.45) is 5.92 Å². The minimum atomic E-state index is -0.254. The van der Waals surface area contributed by atoms with Crippen LogP contribution >= 0.6 is 0 Å². The standard InChI is InChI=1S/C61H44N2/c1-3-16-41(17-4-1)43-18-15-21-47(38-43)62(48-35-37-54-53-25-10-14-29-59(53)63(60(54)40-48)45-19-5-2-6-20-45)46-33-30-42(31-34-46)44-32-36-52-51-24-9-13-28-57(51)61(58(52)39-44)55-26-11-7-22-49(55)50-23-8-12-27-56(50)61/h1-16,18-41,51,57H,17H2. The Morgan fingerprint density at radius 2 is 1.14 bits per heavy atom. The van der Waals surface area contributed by atoms with Gasteiger partial charge in [0.1, 0.15) is 0 Å². The van der Waals surface area contributed by atoms with Crippen molar-refractivity contribution in [3.05, 3.63) is 264 Å². The first-order valence-corrected chi connectivity index (χ1v) is 22.4. The van der Waals surface area contributed by atoms with Crippen molar-refractivity contribution < 1.29 is 0 Å². The summed E-state index contributed by atoms with van der Waals surface area (Å²) >= 11 is 0. The number of aromatic nitrogens is 1. The van der Waals surface area contributed by atoms with Gasteiger partial charge in [-0.25, -0.2) is 0 Å². The van der Waals surface area contributed by atoms with E-state index in [2.05, 4.69) is 246 Å². The summed E-state index contributed by atoms with van der Waals surface area (Å²) in [7, 11) is 0. The number of nitrogens with zero attached hydrogens (tertiary/aromatic N) is 2. The van der Waals surface area contributed by atoms with Gasteiger partial charge in [0.2, 0.25) is 0 Å². The van der Waals surface area contributed by atoms with E-state index in [0.29, 0.717) is 17.8 Å². The summed E-state index contributed by atoms with van der Waals surface area (Å²) in [4.78, 5) is 2.44. The van der Waals surface area contributed by atoms with E-state index in [1.165, 1.54) is 71.9 Å². The first kappa shape index (κ1) is 36.0. The third kappa shape index (κ3) is 5.38. The number of hydrogen-bond donors (Lipinski definition) is 0. The zero-order chi connectivity index (χ0) is 41.5. The summed E-state index contributed by atoms with van der Waals surface area (Å²) < 4.78 is 2.41. The second kappa shape index (κ2) is 14.2. The molecule has 4 aliphatic carbocycles. The minimum Gasteiger partial charge on any atom is -0.310 e. The molecule has 3 atom stereocenters. The summed E-state index contributed by atoms with van der Waals surface area (Å²) in [6.45, 7) is 0. The highest BCUT2D eigenvalue weighted by molar-refractivity contribution is 6.10. The first-order chi connectivity index (χ1) is 31.3. The zero-order valence-corrected chi connectivity index (χ0v) is 34.9. The summed E-state index contributed by atoms with van der Waals surface area (Å²) in [6, 6.07) is 70.5. The van der Waals surface area contributed by atoms with Crippen LogP contribution in [0.1, 0.15) is 46.1 Å². The molecule has 1 spiro atoms. The quantitative estimate of drug-likeness (QED) is 0.163. The fraction of sp³-hybridized carbons (Fsp3) is 0.0820. The van der Waals surface area contributed by atoms with Crippen LogP contribution in [0.3, 0.4) is 0 Å². The number of rotatable bonds is 6. The maximum atomic E-state index is 2.52. The fourth-order valence-corrected chi connectivity index (χ4v) is 11.7. The Bertz CT molecular complexity index is 3350. The van der Waals surface area contributed by atoms with Crippen LogP contribution in [0.15, 0.2) is 237 Å². The fourth-order valence-electron chi connectivity index (χ4n) is 11.7. The number of fused-ring (bicyclic) bond motifs is 13. The summed E-state index contributed by atoms with van der Waals surface area (Å²) in [5, 5.41) is 2.50. The topological polar surface area (TPSA) is 8.17 Å². The molecule has 0 saturated heterocycles. The van der Waals surface area contributed by atoms with E-state index in [9.17, 15) is 0 Å². The smallest absolute Gasteiger partial charge is 0.0561 e. The maximum Gasteiger partial charge on any atom is 0.0561 e. The van der Waals surface area contributed by atoms with Gasteiger partial charge >= 0.3 is 0 Å². The molecule has 13 rings (SSSR count). The van der Waals surface area contributed by atoms with Gasteiger partial charge < -0.3 is 9.47 Å². The van der Waals surface area contributed by atoms with Gasteiger partial charge in [-0.05, 0) is 117 Å². The predicted octanol–water partition coefficient (Wildman–Crippen LogP) is 15.7. The Kier molecular flexibility index (Phi) is 8.11. The third-order valence-electron chi connectivity index (χ3n) is 14.4. The highest BCUT2D eigenvalue weighted by Crippen LogP contribution is 2.65. The Morgan fingerprint density at radius 3 is 1.95 bits per heavy atom. The lowest BCUT2D eigenvalue weighted by Gasteiger charge is -2.36. The Balaban J connectivity index is 0.959. The molecule has 298 valence electrons. The number of anilines is 3. The molecule has 0 bridgehead atoms. The van der Waals surface area contributed by atoms with Gasteiger partial charge in [0.25, 0.3) is 0 Å². The maximum absolute atomic E-state index is 2.52. The zero-order valence-electron chi connectivity index (χ0n) is 34.9. The molecule has 0 radical (unpaired) electrons. The van der Waals surface area contributed by atoms with E-state index in [4.69, 9.17) is 0 Å². The molecule has 0 saturated carbocycles. The number of allylic oxidation sites excluding steroid dienone is 8. The average molecular weight is 805 g/mol. The van der Waals surface area contributed by atoms with Crippen molar-refractivity contribution in [3.8, 4) is 27.9 Å². The van der Waals surface area contributed by atoms with Crippen molar-refractivity contribution >= 4 is 38.9 Å². The highest BCUT2D eigenvalue weighted by Gasteiger charge is 2.57. The number of benzene rings is 8. The van der Waals surface area contributed by atoms with Gasteiger partial charge in [-0.3, -0.25) is 0 Å². The molecular formula is C61H44N2. The Hall–Kier alpha value is -7.68. The third-order valence-corrected chi connectivity index (χ3v) is 14.4. The first-order valence-electron chi connectivity index (χ1n) is 22.4. The number of para-hydroxylation sites is 2. The second-order valence-electron chi connectivity index (χ2n) is 17.5. The Labute approximate surface area is 368 Å². The molecule has 3 unspecified atom stereocenters. The van der Waals surface area contributed by atoms with Gasteiger partial charge in [-0.2, -0.15) is 0 Å². The van der Waals surface area contributed by atoms with Crippen LogP contribution in [-0.2, 0) is 5.41 Å². The van der Waals surface area contributed by atoms with Gasteiger partial charge in [0.15, 0.2) is 0 Å². The highest BCUT2D eigenvalue weighted by atomic mass is 15.1. The molecule has 0 aliphatic heterocycles. The van der Waals surface area contributed by atoms with Crippen LogP contribution in [0.5, 0.6) is 0 Å². The lowest BCUT2D eigenvalue weighted by Crippen LogP contribution is -2.32. The van der Waals surface area contributed by atoms with Crippen LogP contribution < -0.4 is 4.90 Å². The molecule has 0 amide bonds. The molecule has 63 heavy (non-hydrogen) atoms. The average Bonchev–Trinajstić information content (AvgIpc) is 3.96. The molecule has 0 N–H and O–H groups in total. The molecule has 2 heteroatoms. The van der Waals surface area contributed by atoms with Crippen LogP contribution in [0.4, 0.5) is 17.1 Å².